The van der Waals surface area contributed by atoms with Crippen molar-refractivity contribution in [3.63, 3.8) is 0 Å². The number of ether oxygens (including phenoxy) is 4. The van der Waals surface area contributed by atoms with Gasteiger partial charge in [-0.2, -0.15) is 0 Å². The second-order valence-electron chi connectivity index (χ2n) is 5.47. The Hall–Kier alpha value is -1.27. The average Bonchev–Trinajstić information content (AvgIpc) is 2.89. The van der Waals surface area contributed by atoms with Gasteiger partial charge in [-0.3, -0.25) is 0 Å². The van der Waals surface area contributed by atoms with Crippen molar-refractivity contribution in [1.82, 2.24) is 0 Å². The highest BCUT2D eigenvalue weighted by Gasteiger charge is 2.55. The first-order valence-corrected chi connectivity index (χ1v) is 6.71. The van der Waals surface area contributed by atoms with Crippen molar-refractivity contribution in [2.45, 2.75) is 50.8 Å². The molecule has 0 aromatic heterocycles. The van der Waals surface area contributed by atoms with Crippen molar-refractivity contribution >= 4 is 6.29 Å². The maximum absolute atomic E-state index is 11.1. The third-order valence-corrected chi connectivity index (χ3v) is 3.45. The van der Waals surface area contributed by atoms with Gasteiger partial charge in [0.05, 0.1) is 6.61 Å². The predicted octanol–water partition coefficient (Wildman–Crippen LogP) is 1.65. The molecule has 2 saturated heterocycles. The highest BCUT2D eigenvalue weighted by atomic mass is 16.8. The zero-order chi connectivity index (χ0) is 14.2. The molecule has 20 heavy (non-hydrogen) atoms. The van der Waals surface area contributed by atoms with Crippen LogP contribution in [0.1, 0.15) is 19.4 Å². The van der Waals surface area contributed by atoms with Crippen molar-refractivity contribution in [2.24, 2.45) is 0 Å². The zero-order valence-electron chi connectivity index (χ0n) is 11.5. The summed E-state index contributed by atoms with van der Waals surface area (Å²) in [5.74, 6) is -0.711. The number of hydrogen-bond acceptors (Lipinski definition) is 5. The molecule has 1 aromatic rings. The second kappa shape index (κ2) is 5.26. The van der Waals surface area contributed by atoms with Gasteiger partial charge < -0.3 is 23.7 Å². The SMILES string of the molecule is CC1(C)OC2C(OCc3ccccc3)[C@@H](C=O)O[C@@H]2O1. The van der Waals surface area contributed by atoms with E-state index >= 15 is 0 Å². The summed E-state index contributed by atoms with van der Waals surface area (Å²) < 4.78 is 22.7. The molecule has 0 amide bonds. The second-order valence-corrected chi connectivity index (χ2v) is 5.47. The Labute approximate surface area is 117 Å². The molecule has 2 heterocycles. The highest BCUT2D eigenvalue weighted by molar-refractivity contribution is 5.58. The minimum absolute atomic E-state index is 0.371. The van der Waals surface area contributed by atoms with Crippen molar-refractivity contribution in [3.05, 3.63) is 35.9 Å². The van der Waals surface area contributed by atoms with E-state index in [9.17, 15) is 4.79 Å². The summed E-state index contributed by atoms with van der Waals surface area (Å²) in [4.78, 5) is 11.1. The number of benzene rings is 1. The van der Waals surface area contributed by atoms with E-state index in [1.54, 1.807) is 0 Å². The summed E-state index contributed by atoms with van der Waals surface area (Å²) in [5, 5.41) is 0. The number of fused-ring (bicyclic) bond motifs is 1. The molecule has 0 bridgehead atoms. The van der Waals surface area contributed by atoms with E-state index in [4.69, 9.17) is 18.9 Å². The van der Waals surface area contributed by atoms with Crippen LogP contribution in [0, 0.1) is 0 Å². The van der Waals surface area contributed by atoms with E-state index in [1.165, 1.54) is 0 Å². The van der Waals surface area contributed by atoms with E-state index in [0.29, 0.717) is 6.61 Å². The van der Waals surface area contributed by atoms with Crippen molar-refractivity contribution in [2.75, 3.05) is 0 Å². The Morgan fingerprint density at radius 3 is 2.70 bits per heavy atom. The minimum atomic E-state index is -0.711. The normalized spacial score (nSPS) is 34.9. The summed E-state index contributed by atoms with van der Waals surface area (Å²) >= 11 is 0. The number of aldehydes is 1. The van der Waals surface area contributed by atoms with E-state index in [2.05, 4.69) is 0 Å². The van der Waals surface area contributed by atoms with Gasteiger partial charge in [-0.25, -0.2) is 0 Å². The topological polar surface area (TPSA) is 54.0 Å². The molecule has 0 spiro atoms. The quantitative estimate of drug-likeness (QED) is 0.784. The van der Waals surface area contributed by atoms with Crippen LogP contribution in [0.15, 0.2) is 30.3 Å². The fourth-order valence-corrected chi connectivity index (χ4v) is 2.57. The van der Waals surface area contributed by atoms with Crippen molar-refractivity contribution in [1.29, 1.82) is 0 Å². The standard InChI is InChI=1S/C15H18O5/c1-15(2)19-13-12(11(8-16)18-14(13)20-15)17-9-10-6-4-3-5-7-10/h3-8,11-14H,9H2,1-2H3/t11-,12?,13?,14-/m1/s1. The van der Waals surface area contributed by atoms with Gasteiger partial charge >= 0.3 is 0 Å². The molecule has 5 nitrogen and oxygen atoms in total. The first kappa shape index (κ1) is 13.7. The van der Waals surface area contributed by atoms with Gasteiger partial charge in [0.25, 0.3) is 0 Å². The Balaban J connectivity index is 1.68. The van der Waals surface area contributed by atoms with E-state index in [0.717, 1.165) is 11.8 Å². The van der Waals surface area contributed by atoms with E-state index < -0.39 is 24.3 Å². The smallest absolute Gasteiger partial charge is 0.190 e. The maximum Gasteiger partial charge on any atom is 0.190 e. The Bertz CT molecular complexity index is 472. The van der Waals surface area contributed by atoms with Gasteiger partial charge in [0, 0.05) is 0 Å². The molecule has 108 valence electrons. The summed E-state index contributed by atoms with van der Waals surface area (Å²) in [6, 6.07) is 9.78. The van der Waals surface area contributed by atoms with Crippen molar-refractivity contribution in [3.8, 4) is 0 Å². The number of carbonyl (C=O) groups is 1. The van der Waals surface area contributed by atoms with Crippen LogP contribution >= 0.6 is 0 Å². The summed E-state index contributed by atoms with van der Waals surface area (Å²) in [7, 11) is 0. The average molecular weight is 278 g/mol. The van der Waals surface area contributed by atoms with Gasteiger partial charge in [0.1, 0.15) is 18.3 Å². The molecule has 0 saturated carbocycles. The monoisotopic (exact) mass is 278 g/mol. The predicted molar refractivity (Wildman–Crippen MR) is 69.8 cm³/mol. The Kier molecular flexibility index (Phi) is 3.60. The molecule has 4 atom stereocenters. The van der Waals surface area contributed by atoms with Crippen LogP contribution in [-0.2, 0) is 30.3 Å². The van der Waals surface area contributed by atoms with Gasteiger partial charge in [-0.1, -0.05) is 30.3 Å². The molecule has 3 rings (SSSR count). The molecule has 0 aliphatic carbocycles. The molecule has 0 radical (unpaired) electrons. The van der Waals surface area contributed by atoms with Crippen LogP contribution in [0.4, 0.5) is 0 Å². The largest absolute Gasteiger partial charge is 0.367 e. The molecular weight excluding hydrogens is 260 g/mol. The molecule has 2 aliphatic heterocycles. The lowest BCUT2D eigenvalue weighted by Gasteiger charge is -2.23. The number of rotatable bonds is 4. The Morgan fingerprint density at radius 1 is 1.25 bits per heavy atom. The van der Waals surface area contributed by atoms with Crippen LogP contribution in [0.5, 0.6) is 0 Å². The van der Waals surface area contributed by atoms with Crippen molar-refractivity contribution < 1.29 is 23.7 Å². The van der Waals surface area contributed by atoms with E-state index in [1.807, 2.05) is 44.2 Å². The maximum atomic E-state index is 11.1. The first-order chi connectivity index (χ1) is 9.59. The van der Waals surface area contributed by atoms with Gasteiger partial charge in [-0.15, -0.1) is 0 Å². The molecule has 2 aliphatic rings. The van der Waals surface area contributed by atoms with Gasteiger partial charge in [-0.05, 0) is 19.4 Å². The van der Waals surface area contributed by atoms with Crippen LogP contribution in [0.2, 0.25) is 0 Å². The molecule has 1 aromatic carbocycles. The first-order valence-electron chi connectivity index (χ1n) is 6.71. The fraction of sp³-hybridized carbons (Fsp3) is 0.533. The van der Waals surface area contributed by atoms with Crippen LogP contribution in [-0.4, -0.2) is 36.7 Å². The third-order valence-electron chi connectivity index (χ3n) is 3.45. The summed E-state index contributed by atoms with van der Waals surface area (Å²) in [5.41, 5.74) is 1.04. The lowest BCUT2D eigenvalue weighted by atomic mass is 10.1. The number of hydrogen-bond donors (Lipinski definition) is 0. The lowest BCUT2D eigenvalue weighted by Crippen LogP contribution is -2.37. The Morgan fingerprint density at radius 2 is 2.00 bits per heavy atom. The highest BCUT2D eigenvalue weighted by Crippen LogP contribution is 2.38. The van der Waals surface area contributed by atoms with Gasteiger partial charge in [0.2, 0.25) is 0 Å². The van der Waals surface area contributed by atoms with Crippen LogP contribution < -0.4 is 0 Å². The summed E-state index contributed by atoms with van der Waals surface area (Å²) in [6.07, 6.45) is -1.26. The van der Waals surface area contributed by atoms with Gasteiger partial charge in [0.15, 0.2) is 18.4 Å². The molecule has 5 heteroatoms. The van der Waals surface area contributed by atoms with E-state index in [-0.39, 0.29) is 6.10 Å². The minimum Gasteiger partial charge on any atom is -0.367 e. The summed E-state index contributed by atoms with van der Waals surface area (Å²) in [6.45, 7) is 4.05. The molecule has 0 N–H and O–H groups in total. The molecule has 2 fully saturated rings. The lowest BCUT2D eigenvalue weighted by molar-refractivity contribution is -0.216. The van der Waals surface area contributed by atoms with Crippen LogP contribution in [0.25, 0.3) is 0 Å². The number of carbonyl (C=O) groups excluding carboxylic acids is 1. The van der Waals surface area contributed by atoms with Crippen LogP contribution in [0.3, 0.4) is 0 Å². The third kappa shape index (κ3) is 2.62. The fourth-order valence-electron chi connectivity index (χ4n) is 2.57. The molecular formula is C15H18O5. The molecule has 2 unspecified atom stereocenters. The zero-order valence-corrected chi connectivity index (χ0v) is 11.5.